The molecule has 7 nitrogen and oxygen atoms in total. The van der Waals surface area contributed by atoms with Gasteiger partial charge in [0.05, 0.1) is 17.7 Å². The Morgan fingerprint density at radius 1 is 1.35 bits per heavy atom. The Kier molecular flexibility index (Phi) is 7.55. The van der Waals surface area contributed by atoms with Gasteiger partial charge in [-0.2, -0.15) is 5.10 Å². The van der Waals surface area contributed by atoms with Crippen LogP contribution in [-0.4, -0.2) is 29.3 Å². The maximum atomic E-state index is 11.9. The number of halogens is 1. The van der Waals surface area contributed by atoms with Gasteiger partial charge >= 0.3 is 10.8 Å². The predicted octanol–water partition coefficient (Wildman–Crippen LogP) is 2.21. The summed E-state index contributed by atoms with van der Waals surface area (Å²) in [6, 6.07) is 9.63. The summed E-state index contributed by atoms with van der Waals surface area (Å²) < 4.78 is 5.90. The van der Waals surface area contributed by atoms with Gasteiger partial charge in [0.15, 0.2) is 0 Å². The van der Waals surface area contributed by atoms with E-state index in [-0.39, 0.29) is 30.6 Å². The maximum Gasteiger partial charge on any atom is 0.326 e. The monoisotopic (exact) mass is 395 g/mol. The zero-order chi connectivity index (χ0) is 18.9. The van der Waals surface area contributed by atoms with Gasteiger partial charge in [-0.25, -0.2) is 5.43 Å². The summed E-state index contributed by atoms with van der Waals surface area (Å²) in [5.74, 6) is -0.800. The second kappa shape index (κ2) is 9.88. The van der Waals surface area contributed by atoms with Gasteiger partial charge in [-0.15, -0.1) is 0 Å². The van der Waals surface area contributed by atoms with Crippen LogP contribution >= 0.6 is 22.9 Å². The Bertz CT molecular complexity index is 845. The first kappa shape index (κ1) is 19.9. The second-order valence-corrected chi connectivity index (χ2v) is 6.54. The molecule has 0 unspecified atom stereocenters. The molecular formula is C17H18ClN3O4S. The summed E-state index contributed by atoms with van der Waals surface area (Å²) >= 11 is 6.92. The molecule has 2 rings (SSSR count). The van der Waals surface area contributed by atoms with Crippen LogP contribution in [0.5, 0.6) is 0 Å². The number of esters is 1. The highest BCUT2D eigenvalue weighted by molar-refractivity contribution is 7.11. The van der Waals surface area contributed by atoms with Crippen molar-refractivity contribution in [3.63, 3.8) is 0 Å². The average molecular weight is 396 g/mol. The summed E-state index contributed by atoms with van der Waals surface area (Å²) in [6.07, 6.45) is 2.18. The maximum absolute atomic E-state index is 11.9. The van der Waals surface area contributed by atoms with E-state index in [1.54, 1.807) is 6.92 Å². The van der Waals surface area contributed by atoms with Gasteiger partial charge in [0.2, 0.25) is 5.91 Å². The average Bonchev–Trinajstić information content (AvgIpc) is 2.89. The van der Waals surface area contributed by atoms with E-state index in [1.807, 2.05) is 30.3 Å². The van der Waals surface area contributed by atoms with E-state index in [0.29, 0.717) is 11.3 Å². The lowest BCUT2D eigenvalue weighted by atomic mass is 10.1. The van der Waals surface area contributed by atoms with Crippen molar-refractivity contribution in [2.45, 2.75) is 26.3 Å². The Morgan fingerprint density at radius 3 is 2.77 bits per heavy atom. The third-order valence-corrected chi connectivity index (χ3v) is 4.74. The fourth-order valence-electron chi connectivity index (χ4n) is 2.08. The molecule has 0 saturated carbocycles. The van der Waals surface area contributed by atoms with Crippen LogP contribution in [0.2, 0.25) is 5.15 Å². The SMILES string of the molecule is CCOC(=O)Cn1c(Cl)c(/C=N/NC(=O)CCc2ccccc2)sc1=O. The molecule has 138 valence electrons. The molecular weight excluding hydrogens is 378 g/mol. The summed E-state index contributed by atoms with van der Waals surface area (Å²) in [5.41, 5.74) is 3.45. The molecule has 1 amide bonds. The molecule has 0 spiro atoms. The summed E-state index contributed by atoms with van der Waals surface area (Å²) in [4.78, 5) is 35.1. The van der Waals surface area contributed by atoms with Crippen LogP contribution in [0.15, 0.2) is 40.2 Å². The highest BCUT2D eigenvalue weighted by atomic mass is 35.5. The van der Waals surface area contributed by atoms with Gasteiger partial charge in [-0.1, -0.05) is 53.3 Å². The topological polar surface area (TPSA) is 89.8 Å². The highest BCUT2D eigenvalue weighted by Gasteiger charge is 2.15. The third kappa shape index (κ3) is 5.82. The van der Waals surface area contributed by atoms with Crippen LogP contribution < -0.4 is 10.3 Å². The first-order valence-electron chi connectivity index (χ1n) is 7.91. The smallest absolute Gasteiger partial charge is 0.326 e. The van der Waals surface area contributed by atoms with E-state index in [2.05, 4.69) is 10.5 Å². The minimum absolute atomic E-state index is 0.0790. The molecule has 0 aliphatic carbocycles. The van der Waals surface area contributed by atoms with Gasteiger partial charge in [0.25, 0.3) is 0 Å². The molecule has 9 heteroatoms. The molecule has 1 aromatic carbocycles. The number of ether oxygens (including phenoxy) is 1. The van der Waals surface area contributed by atoms with Crippen LogP contribution in [0.3, 0.4) is 0 Å². The molecule has 1 heterocycles. The van der Waals surface area contributed by atoms with E-state index in [0.717, 1.165) is 21.5 Å². The number of hydrazone groups is 1. The fourth-order valence-corrected chi connectivity index (χ4v) is 3.18. The number of rotatable bonds is 8. The number of nitrogens with zero attached hydrogens (tertiary/aromatic N) is 2. The number of benzene rings is 1. The van der Waals surface area contributed by atoms with Crippen molar-refractivity contribution in [1.29, 1.82) is 0 Å². The second-order valence-electron chi connectivity index (χ2n) is 5.19. The van der Waals surface area contributed by atoms with Crippen LogP contribution in [0.1, 0.15) is 23.8 Å². The van der Waals surface area contributed by atoms with Crippen LogP contribution in [0.25, 0.3) is 0 Å². The largest absolute Gasteiger partial charge is 0.465 e. The molecule has 1 N–H and O–H groups in total. The van der Waals surface area contributed by atoms with Crippen molar-refractivity contribution in [2.75, 3.05) is 6.61 Å². The van der Waals surface area contributed by atoms with Gasteiger partial charge in [0.1, 0.15) is 11.7 Å². The van der Waals surface area contributed by atoms with Crippen molar-refractivity contribution in [3.05, 3.63) is 55.6 Å². The Morgan fingerprint density at radius 2 is 2.08 bits per heavy atom. The minimum atomic E-state index is -0.549. The van der Waals surface area contributed by atoms with E-state index in [1.165, 1.54) is 6.21 Å². The van der Waals surface area contributed by atoms with Crippen LogP contribution in [0.4, 0.5) is 0 Å². The normalized spacial score (nSPS) is 10.8. The Balaban J connectivity index is 1.90. The number of aryl methyl sites for hydroxylation is 1. The molecule has 0 bridgehead atoms. The first-order chi connectivity index (χ1) is 12.5. The van der Waals surface area contributed by atoms with E-state index in [9.17, 15) is 14.4 Å². The van der Waals surface area contributed by atoms with E-state index >= 15 is 0 Å². The number of thiazole rings is 1. The molecule has 2 aromatic rings. The fraction of sp³-hybridized carbons (Fsp3) is 0.294. The predicted molar refractivity (Wildman–Crippen MR) is 101 cm³/mol. The van der Waals surface area contributed by atoms with Crippen molar-refractivity contribution in [2.24, 2.45) is 5.10 Å². The molecule has 0 radical (unpaired) electrons. The van der Waals surface area contributed by atoms with Gasteiger partial charge in [0, 0.05) is 6.42 Å². The van der Waals surface area contributed by atoms with Gasteiger partial charge in [-0.3, -0.25) is 19.0 Å². The molecule has 1 aromatic heterocycles. The molecule has 26 heavy (non-hydrogen) atoms. The van der Waals surface area contributed by atoms with Crippen LogP contribution in [0, 0.1) is 0 Å². The lowest BCUT2D eigenvalue weighted by molar-refractivity contribution is -0.143. The highest BCUT2D eigenvalue weighted by Crippen LogP contribution is 2.16. The molecule has 0 aliphatic rings. The minimum Gasteiger partial charge on any atom is -0.465 e. The number of aromatic nitrogens is 1. The first-order valence-corrected chi connectivity index (χ1v) is 9.11. The summed E-state index contributed by atoms with van der Waals surface area (Å²) in [7, 11) is 0. The number of carbonyl (C=O) groups excluding carboxylic acids is 2. The van der Waals surface area contributed by atoms with Crippen molar-refractivity contribution in [3.8, 4) is 0 Å². The third-order valence-electron chi connectivity index (χ3n) is 3.31. The van der Waals surface area contributed by atoms with Crippen LogP contribution in [-0.2, 0) is 27.3 Å². The quantitative estimate of drug-likeness (QED) is 0.421. The summed E-state index contributed by atoms with van der Waals surface area (Å²) in [5, 5.41) is 3.90. The lowest BCUT2D eigenvalue weighted by Crippen LogP contribution is -2.21. The summed E-state index contributed by atoms with van der Waals surface area (Å²) in [6.45, 7) is 1.63. The molecule has 0 fully saturated rings. The van der Waals surface area contributed by atoms with Crippen molar-refractivity contribution in [1.82, 2.24) is 9.99 Å². The lowest BCUT2D eigenvalue weighted by Gasteiger charge is -2.03. The number of nitrogens with one attached hydrogen (secondary N) is 1. The number of hydrogen-bond donors (Lipinski definition) is 1. The zero-order valence-electron chi connectivity index (χ0n) is 14.1. The Hall–Kier alpha value is -2.45. The van der Waals surface area contributed by atoms with Gasteiger partial charge in [-0.05, 0) is 18.9 Å². The zero-order valence-corrected chi connectivity index (χ0v) is 15.7. The Labute approximate surface area is 159 Å². The van der Waals surface area contributed by atoms with E-state index < -0.39 is 10.8 Å². The number of carbonyl (C=O) groups is 2. The van der Waals surface area contributed by atoms with Gasteiger partial charge < -0.3 is 4.74 Å². The van der Waals surface area contributed by atoms with E-state index in [4.69, 9.17) is 16.3 Å². The molecule has 0 atom stereocenters. The molecule has 0 saturated heterocycles. The van der Waals surface area contributed by atoms with Crippen molar-refractivity contribution < 1.29 is 14.3 Å². The number of amides is 1. The number of hydrogen-bond acceptors (Lipinski definition) is 6. The molecule has 0 aliphatic heterocycles. The van der Waals surface area contributed by atoms with Crippen molar-refractivity contribution >= 4 is 41.0 Å². The standard InChI is InChI=1S/C17H18ClN3O4S/c1-2-25-15(23)11-21-16(18)13(26-17(21)24)10-19-20-14(22)9-8-12-6-4-3-5-7-12/h3-7,10H,2,8-9,11H2,1H3,(H,20,22)/b19-10+.